The van der Waals surface area contributed by atoms with Crippen LogP contribution in [0.25, 0.3) is 0 Å². The minimum absolute atomic E-state index is 0.330. The largest absolute Gasteiger partial charge is 0.492 e. The van der Waals surface area contributed by atoms with Gasteiger partial charge < -0.3 is 15.0 Å². The van der Waals surface area contributed by atoms with Gasteiger partial charge in [0.2, 0.25) is 5.91 Å². The molecule has 2 aliphatic heterocycles. The Balaban J connectivity index is 1.46. The van der Waals surface area contributed by atoms with E-state index in [1.165, 1.54) is 0 Å². The van der Waals surface area contributed by atoms with Gasteiger partial charge >= 0.3 is 0 Å². The number of piperidine rings is 2. The molecular formula is C19H28ClN3O2. The summed E-state index contributed by atoms with van der Waals surface area (Å²) < 4.78 is 5.82. The number of rotatable bonds is 7. The van der Waals surface area contributed by atoms with Crippen molar-refractivity contribution in [2.75, 3.05) is 46.4 Å². The van der Waals surface area contributed by atoms with Crippen LogP contribution in [0, 0.1) is 5.92 Å². The number of likely N-dealkylation sites (tertiary alicyclic amines) is 2. The molecule has 0 radical (unpaired) electrons. The Hall–Kier alpha value is -1.30. The molecule has 2 saturated heterocycles. The molecule has 0 saturated carbocycles. The second-order valence-corrected chi connectivity index (χ2v) is 7.38. The highest BCUT2D eigenvalue weighted by molar-refractivity contribution is 6.30. The molecule has 0 aliphatic carbocycles. The first-order chi connectivity index (χ1) is 12.2. The highest BCUT2D eigenvalue weighted by Gasteiger charge is 2.38. The summed E-state index contributed by atoms with van der Waals surface area (Å²) in [5, 5.41) is 3.88. The van der Waals surface area contributed by atoms with Crippen molar-refractivity contribution < 1.29 is 9.53 Å². The third-order valence-corrected chi connectivity index (χ3v) is 5.57. The first kappa shape index (κ1) is 18.5. The van der Waals surface area contributed by atoms with Crippen molar-refractivity contribution in [1.82, 2.24) is 15.1 Å². The zero-order valence-corrected chi connectivity index (χ0v) is 15.7. The van der Waals surface area contributed by atoms with E-state index in [2.05, 4.69) is 15.1 Å². The number of likely N-dealkylation sites (N-methyl/N-ethyl adjacent to an activating group) is 1. The minimum Gasteiger partial charge on any atom is -0.492 e. The van der Waals surface area contributed by atoms with Crippen LogP contribution in [0.5, 0.6) is 5.75 Å². The van der Waals surface area contributed by atoms with Crippen LogP contribution in [0.3, 0.4) is 0 Å². The molecule has 3 rings (SSSR count). The first-order valence-electron chi connectivity index (χ1n) is 9.22. The molecule has 1 aromatic rings. The second kappa shape index (κ2) is 8.88. The number of nitrogens with one attached hydrogen (secondary N) is 1. The van der Waals surface area contributed by atoms with Crippen LogP contribution in [0.2, 0.25) is 5.02 Å². The van der Waals surface area contributed by atoms with Crippen LogP contribution >= 0.6 is 11.6 Å². The number of benzene rings is 1. The van der Waals surface area contributed by atoms with Crippen molar-refractivity contribution in [1.29, 1.82) is 0 Å². The van der Waals surface area contributed by atoms with Gasteiger partial charge in [0.05, 0.1) is 0 Å². The van der Waals surface area contributed by atoms with E-state index in [1.807, 2.05) is 31.3 Å². The Labute approximate surface area is 155 Å². The summed E-state index contributed by atoms with van der Waals surface area (Å²) in [4.78, 5) is 16.8. The molecule has 0 bridgehead atoms. The molecule has 6 heteroatoms. The molecule has 5 nitrogen and oxygen atoms in total. The van der Waals surface area contributed by atoms with Crippen molar-refractivity contribution >= 4 is 17.5 Å². The number of carbonyl (C=O) groups excluding carboxylic acids is 1. The van der Waals surface area contributed by atoms with E-state index in [1.54, 1.807) is 0 Å². The Morgan fingerprint density at radius 2 is 2.04 bits per heavy atom. The van der Waals surface area contributed by atoms with Crippen molar-refractivity contribution in [3.63, 3.8) is 0 Å². The Morgan fingerprint density at radius 3 is 2.80 bits per heavy atom. The van der Waals surface area contributed by atoms with Gasteiger partial charge in [0.25, 0.3) is 0 Å². The van der Waals surface area contributed by atoms with Crippen LogP contribution in [0.15, 0.2) is 24.3 Å². The van der Waals surface area contributed by atoms with Crippen molar-refractivity contribution in [3.05, 3.63) is 29.3 Å². The first-order valence-corrected chi connectivity index (χ1v) is 9.60. The van der Waals surface area contributed by atoms with Crippen LogP contribution in [0.1, 0.15) is 19.3 Å². The molecule has 2 fully saturated rings. The molecule has 2 atom stereocenters. The Bertz CT molecular complexity index is 566. The standard InChI is InChI=1S/C19H28ClN3O2/c1-21-9-11-23-18-8-10-22(14-15(18)2-7-19(23)24)12-13-25-17-5-3-16(20)4-6-17/h3-6,15,18,21H,2,7-14H2,1H3. The number of nitrogens with zero attached hydrogens (tertiary/aromatic N) is 2. The van der Waals surface area contributed by atoms with Gasteiger partial charge in [0, 0.05) is 50.2 Å². The zero-order valence-electron chi connectivity index (χ0n) is 14.9. The summed E-state index contributed by atoms with van der Waals surface area (Å²) in [5.74, 6) is 1.79. The summed E-state index contributed by atoms with van der Waals surface area (Å²) in [6.45, 7) is 5.41. The fraction of sp³-hybridized carbons (Fsp3) is 0.632. The lowest BCUT2D eigenvalue weighted by atomic mass is 9.83. The fourth-order valence-electron chi connectivity index (χ4n) is 3.98. The smallest absolute Gasteiger partial charge is 0.222 e. The molecule has 2 unspecified atom stereocenters. The van der Waals surface area contributed by atoms with Crippen molar-refractivity contribution in [2.45, 2.75) is 25.3 Å². The summed E-state index contributed by atoms with van der Waals surface area (Å²) in [6.07, 6.45) is 2.79. The highest BCUT2D eigenvalue weighted by atomic mass is 35.5. The van der Waals surface area contributed by atoms with E-state index in [-0.39, 0.29) is 0 Å². The number of hydrogen-bond donors (Lipinski definition) is 1. The minimum atomic E-state index is 0.330. The van der Waals surface area contributed by atoms with Gasteiger partial charge in [-0.25, -0.2) is 0 Å². The van der Waals surface area contributed by atoms with Gasteiger partial charge in [0.15, 0.2) is 0 Å². The highest BCUT2D eigenvalue weighted by Crippen LogP contribution is 2.31. The monoisotopic (exact) mass is 365 g/mol. The lowest BCUT2D eigenvalue weighted by Gasteiger charge is -2.47. The molecule has 2 heterocycles. The van der Waals surface area contributed by atoms with Gasteiger partial charge in [0.1, 0.15) is 12.4 Å². The van der Waals surface area contributed by atoms with E-state index >= 15 is 0 Å². The second-order valence-electron chi connectivity index (χ2n) is 6.95. The van der Waals surface area contributed by atoms with Gasteiger partial charge in [-0.05, 0) is 50.1 Å². The summed E-state index contributed by atoms with van der Waals surface area (Å²) in [6, 6.07) is 7.92. The predicted octanol–water partition coefficient (Wildman–Crippen LogP) is 2.25. The van der Waals surface area contributed by atoms with Crippen molar-refractivity contribution in [3.8, 4) is 5.75 Å². The molecular weight excluding hydrogens is 338 g/mol. The maximum atomic E-state index is 12.2. The number of carbonyl (C=O) groups is 1. The average molecular weight is 366 g/mol. The Morgan fingerprint density at radius 1 is 1.24 bits per heavy atom. The number of fused-ring (bicyclic) bond motifs is 1. The van der Waals surface area contributed by atoms with E-state index in [9.17, 15) is 4.79 Å². The lowest BCUT2D eigenvalue weighted by Crippen LogP contribution is -2.57. The molecule has 1 amide bonds. The quantitative estimate of drug-likeness (QED) is 0.805. The topological polar surface area (TPSA) is 44.8 Å². The summed E-state index contributed by atoms with van der Waals surface area (Å²) in [5.41, 5.74) is 0. The fourth-order valence-corrected chi connectivity index (χ4v) is 4.10. The van der Waals surface area contributed by atoms with Crippen LogP contribution < -0.4 is 10.1 Å². The predicted molar refractivity (Wildman–Crippen MR) is 100 cm³/mol. The van der Waals surface area contributed by atoms with Crippen LogP contribution in [-0.2, 0) is 4.79 Å². The van der Waals surface area contributed by atoms with Gasteiger partial charge in [-0.2, -0.15) is 0 Å². The molecule has 25 heavy (non-hydrogen) atoms. The maximum absolute atomic E-state index is 12.2. The number of ether oxygens (including phenoxy) is 1. The average Bonchev–Trinajstić information content (AvgIpc) is 2.63. The van der Waals surface area contributed by atoms with E-state index in [0.29, 0.717) is 30.9 Å². The molecule has 0 spiro atoms. The molecule has 1 N–H and O–H groups in total. The van der Waals surface area contributed by atoms with Crippen molar-refractivity contribution in [2.24, 2.45) is 5.92 Å². The lowest BCUT2D eigenvalue weighted by molar-refractivity contribution is -0.141. The van der Waals surface area contributed by atoms with Gasteiger partial charge in [-0.3, -0.25) is 9.69 Å². The molecule has 138 valence electrons. The van der Waals surface area contributed by atoms with E-state index in [4.69, 9.17) is 16.3 Å². The Kier molecular flexibility index (Phi) is 6.57. The zero-order chi connectivity index (χ0) is 17.6. The number of hydrogen-bond acceptors (Lipinski definition) is 4. The summed E-state index contributed by atoms with van der Waals surface area (Å²) >= 11 is 5.89. The third kappa shape index (κ3) is 4.87. The molecule has 1 aromatic carbocycles. The molecule has 0 aromatic heterocycles. The maximum Gasteiger partial charge on any atom is 0.222 e. The van der Waals surface area contributed by atoms with E-state index < -0.39 is 0 Å². The van der Waals surface area contributed by atoms with Gasteiger partial charge in [-0.1, -0.05) is 11.6 Å². The van der Waals surface area contributed by atoms with E-state index in [0.717, 1.165) is 56.3 Å². The molecule has 2 aliphatic rings. The third-order valence-electron chi connectivity index (χ3n) is 5.32. The van der Waals surface area contributed by atoms with Crippen LogP contribution in [0.4, 0.5) is 0 Å². The normalized spacial score (nSPS) is 24.2. The van der Waals surface area contributed by atoms with Crippen LogP contribution in [-0.4, -0.2) is 68.1 Å². The summed E-state index contributed by atoms with van der Waals surface area (Å²) in [7, 11) is 1.94. The SMILES string of the molecule is CNCCN1C(=O)CCC2CN(CCOc3ccc(Cl)cc3)CCC21. The number of amides is 1. The van der Waals surface area contributed by atoms with Gasteiger partial charge in [-0.15, -0.1) is 0 Å². The number of halogens is 1.